The second-order valence-corrected chi connectivity index (χ2v) is 4.78. The lowest BCUT2D eigenvalue weighted by Crippen LogP contribution is -2.24. The number of nitrogens with zero attached hydrogens (tertiary/aromatic N) is 1. The van der Waals surface area contributed by atoms with Crippen molar-refractivity contribution in [2.45, 2.75) is 19.8 Å². The molecule has 0 saturated heterocycles. The van der Waals surface area contributed by atoms with Crippen molar-refractivity contribution < 1.29 is 14.3 Å². The van der Waals surface area contributed by atoms with Gasteiger partial charge in [0.2, 0.25) is 0 Å². The van der Waals surface area contributed by atoms with Gasteiger partial charge in [-0.2, -0.15) is 5.26 Å². The minimum atomic E-state index is -0.436. The van der Waals surface area contributed by atoms with Gasteiger partial charge >= 0.3 is 0 Å². The molecule has 0 aliphatic heterocycles. The maximum absolute atomic E-state index is 11.8. The van der Waals surface area contributed by atoms with Gasteiger partial charge in [-0.15, -0.1) is 6.58 Å². The van der Waals surface area contributed by atoms with Crippen LogP contribution < -0.4 is 14.8 Å². The molecule has 1 rings (SSSR count). The molecule has 122 valence electrons. The Hall–Kier alpha value is -2.74. The lowest BCUT2D eigenvalue weighted by molar-refractivity contribution is -0.116. The van der Waals surface area contributed by atoms with Crippen LogP contribution in [0.3, 0.4) is 0 Å². The second kappa shape index (κ2) is 10.1. The number of ether oxygens (including phenoxy) is 2. The van der Waals surface area contributed by atoms with Gasteiger partial charge in [-0.1, -0.05) is 25.5 Å². The Morgan fingerprint density at radius 1 is 1.43 bits per heavy atom. The van der Waals surface area contributed by atoms with Gasteiger partial charge in [0.1, 0.15) is 11.6 Å². The zero-order valence-corrected chi connectivity index (χ0v) is 13.6. The highest BCUT2D eigenvalue weighted by Gasteiger charge is 2.09. The summed E-state index contributed by atoms with van der Waals surface area (Å²) in [5, 5.41) is 11.7. The molecule has 0 unspecified atom stereocenters. The van der Waals surface area contributed by atoms with E-state index >= 15 is 0 Å². The summed E-state index contributed by atoms with van der Waals surface area (Å²) in [5.41, 5.74) is 0.712. The molecule has 5 nitrogen and oxygen atoms in total. The van der Waals surface area contributed by atoms with Crippen molar-refractivity contribution >= 4 is 12.0 Å². The van der Waals surface area contributed by atoms with E-state index in [2.05, 4.69) is 18.8 Å². The first kappa shape index (κ1) is 18.3. The maximum Gasteiger partial charge on any atom is 0.262 e. The van der Waals surface area contributed by atoms with Crippen molar-refractivity contribution in [2.24, 2.45) is 0 Å². The Kier molecular flexibility index (Phi) is 8.01. The minimum Gasteiger partial charge on any atom is -0.493 e. The normalized spacial score (nSPS) is 10.6. The third-order valence-corrected chi connectivity index (χ3v) is 3.03. The number of nitriles is 1. The number of benzene rings is 1. The van der Waals surface area contributed by atoms with Crippen LogP contribution in [0.1, 0.15) is 25.3 Å². The average molecular weight is 314 g/mol. The number of carbonyl (C=O) groups excluding carboxylic acids is 1. The number of methoxy groups -OCH3 is 1. The SMILES string of the molecule is C=CCNC(=O)C(C#N)=Cc1ccc(OCCCC)c(OC)c1. The zero-order valence-electron chi connectivity index (χ0n) is 13.6. The minimum absolute atomic E-state index is 0.0218. The van der Waals surface area contributed by atoms with Gasteiger partial charge in [0.05, 0.1) is 13.7 Å². The van der Waals surface area contributed by atoms with E-state index in [0.29, 0.717) is 30.2 Å². The van der Waals surface area contributed by atoms with Crippen LogP contribution in [-0.2, 0) is 4.79 Å². The molecule has 0 aliphatic rings. The first-order chi connectivity index (χ1) is 11.2. The number of rotatable bonds is 9. The van der Waals surface area contributed by atoms with Crippen LogP contribution in [0.5, 0.6) is 11.5 Å². The molecule has 1 aromatic rings. The third kappa shape index (κ3) is 5.87. The monoisotopic (exact) mass is 314 g/mol. The van der Waals surface area contributed by atoms with Crippen LogP contribution in [0.25, 0.3) is 6.08 Å². The summed E-state index contributed by atoms with van der Waals surface area (Å²) in [5.74, 6) is 0.779. The summed E-state index contributed by atoms with van der Waals surface area (Å²) in [4.78, 5) is 11.8. The molecule has 0 fully saturated rings. The Labute approximate surface area is 137 Å². The largest absolute Gasteiger partial charge is 0.493 e. The summed E-state index contributed by atoms with van der Waals surface area (Å²) in [6, 6.07) is 7.19. The Balaban J connectivity index is 2.95. The predicted molar refractivity (Wildman–Crippen MR) is 90.2 cm³/mol. The molecule has 0 bridgehead atoms. The van der Waals surface area contributed by atoms with Crippen LogP contribution in [0.4, 0.5) is 0 Å². The molecule has 0 saturated carbocycles. The van der Waals surface area contributed by atoms with E-state index < -0.39 is 5.91 Å². The van der Waals surface area contributed by atoms with E-state index in [1.54, 1.807) is 31.4 Å². The van der Waals surface area contributed by atoms with Gasteiger partial charge in [-0.25, -0.2) is 0 Å². The predicted octanol–water partition coefficient (Wildman–Crippen LogP) is 3.08. The molecule has 1 N–H and O–H groups in total. The van der Waals surface area contributed by atoms with Crippen molar-refractivity contribution in [3.63, 3.8) is 0 Å². The molecule has 0 spiro atoms. The van der Waals surface area contributed by atoms with Crippen LogP contribution in [-0.4, -0.2) is 26.2 Å². The number of unbranched alkanes of at least 4 members (excludes halogenated alkanes) is 1. The highest BCUT2D eigenvalue weighted by atomic mass is 16.5. The van der Waals surface area contributed by atoms with E-state index in [-0.39, 0.29) is 5.57 Å². The summed E-state index contributed by atoms with van der Waals surface area (Å²) < 4.78 is 11.0. The van der Waals surface area contributed by atoms with Crippen LogP contribution in [0.15, 0.2) is 36.4 Å². The molecule has 1 aromatic carbocycles. The zero-order chi connectivity index (χ0) is 17.1. The number of nitrogens with one attached hydrogen (secondary N) is 1. The molecule has 0 aliphatic carbocycles. The molecular weight excluding hydrogens is 292 g/mol. The molecule has 0 heterocycles. The van der Waals surface area contributed by atoms with Gasteiger partial charge < -0.3 is 14.8 Å². The van der Waals surface area contributed by atoms with Gasteiger partial charge in [0.25, 0.3) is 5.91 Å². The smallest absolute Gasteiger partial charge is 0.262 e. The average Bonchev–Trinajstić information content (AvgIpc) is 2.58. The molecule has 23 heavy (non-hydrogen) atoms. The topological polar surface area (TPSA) is 71.4 Å². The maximum atomic E-state index is 11.8. The van der Waals surface area contributed by atoms with Crippen molar-refractivity contribution in [1.29, 1.82) is 5.26 Å². The van der Waals surface area contributed by atoms with Gasteiger partial charge in [-0.05, 0) is 30.2 Å². The Morgan fingerprint density at radius 3 is 2.83 bits per heavy atom. The molecule has 5 heteroatoms. The molecule has 0 aromatic heterocycles. The fourth-order valence-electron chi connectivity index (χ4n) is 1.80. The van der Waals surface area contributed by atoms with Gasteiger partial charge in [0.15, 0.2) is 11.5 Å². The van der Waals surface area contributed by atoms with E-state index in [4.69, 9.17) is 14.7 Å². The number of hydrogen-bond donors (Lipinski definition) is 1. The lowest BCUT2D eigenvalue weighted by atomic mass is 10.1. The van der Waals surface area contributed by atoms with E-state index in [1.807, 2.05) is 6.07 Å². The Bertz CT molecular complexity index is 615. The first-order valence-electron chi connectivity index (χ1n) is 7.48. The standard InChI is InChI=1S/C18H22N2O3/c1-4-6-10-23-16-8-7-14(12-17(16)22-3)11-15(13-19)18(21)20-9-5-2/h5,7-8,11-12H,2,4,6,9-10H2,1,3H3,(H,20,21). The van der Waals surface area contributed by atoms with Crippen molar-refractivity contribution in [2.75, 3.05) is 20.3 Å². The van der Waals surface area contributed by atoms with Crippen LogP contribution in [0.2, 0.25) is 0 Å². The van der Waals surface area contributed by atoms with Crippen molar-refractivity contribution in [1.82, 2.24) is 5.32 Å². The summed E-state index contributed by atoms with van der Waals surface area (Å²) in [6.07, 6.45) is 5.08. The van der Waals surface area contributed by atoms with E-state index in [9.17, 15) is 4.79 Å². The van der Waals surface area contributed by atoms with Crippen molar-refractivity contribution in [3.05, 3.63) is 42.0 Å². The fraction of sp³-hybridized carbons (Fsp3) is 0.333. The summed E-state index contributed by atoms with van der Waals surface area (Å²) in [7, 11) is 1.55. The third-order valence-electron chi connectivity index (χ3n) is 3.03. The Morgan fingerprint density at radius 2 is 2.22 bits per heavy atom. The summed E-state index contributed by atoms with van der Waals surface area (Å²) in [6.45, 7) is 6.54. The molecular formula is C18H22N2O3. The number of amides is 1. The fourth-order valence-corrected chi connectivity index (χ4v) is 1.80. The van der Waals surface area contributed by atoms with Crippen LogP contribution >= 0.6 is 0 Å². The van der Waals surface area contributed by atoms with Gasteiger partial charge in [0, 0.05) is 6.54 Å². The van der Waals surface area contributed by atoms with Crippen LogP contribution in [0, 0.1) is 11.3 Å². The van der Waals surface area contributed by atoms with E-state index in [1.165, 1.54) is 6.08 Å². The first-order valence-corrected chi connectivity index (χ1v) is 7.48. The molecule has 0 atom stereocenters. The lowest BCUT2D eigenvalue weighted by Gasteiger charge is -2.11. The number of carbonyl (C=O) groups is 1. The van der Waals surface area contributed by atoms with Gasteiger partial charge in [-0.3, -0.25) is 4.79 Å². The molecule has 1 amide bonds. The van der Waals surface area contributed by atoms with E-state index in [0.717, 1.165) is 12.8 Å². The summed E-state index contributed by atoms with van der Waals surface area (Å²) >= 11 is 0. The highest BCUT2D eigenvalue weighted by molar-refractivity contribution is 6.01. The highest BCUT2D eigenvalue weighted by Crippen LogP contribution is 2.29. The second-order valence-electron chi connectivity index (χ2n) is 4.78. The van der Waals surface area contributed by atoms with Crippen molar-refractivity contribution in [3.8, 4) is 17.6 Å². The molecule has 0 radical (unpaired) electrons. The number of hydrogen-bond acceptors (Lipinski definition) is 4. The quantitative estimate of drug-likeness (QED) is 0.329.